The van der Waals surface area contributed by atoms with Crippen LogP contribution in [0.2, 0.25) is 0 Å². The second-order valence-corrected chi connectivity index (χ2v) is 5.77. The normalized spacial score (nSPS) is 35.6. The van der Waals surface area contributed by atoms with E-state index in [9.17, 15) is 0 Å². The van der Waals surface area contributed by atoms with Crippen molar-refractivity contribution in [1.29, 1.82) is 0 Å². The van der Waals surface area contributed by atoms with Crippen molar-refractivity contribution in [1.82, 2.24) is 4.90 Å². The van der Waals surface area contributed by atoms with E-state index in [1.165, 1.54) is 38.9 Å². The van der Waals surface area contributed by atoms with Crippen molar-refractivity contribution in [3.63, 3.8) is 0 Å². The highest BCUT2D eigenvalue weighted by atomic mass is 15.1. The molecule has 0 aliphatic heterocycles. The molecule has 1 saturated carbocycles. The lowest BCUT2D eigenvalue weighted by Gasteiger charge is -2.40. The van der Waals surface area contributed by atoms with Gasteiger partial charge in [0.15, 0.2) is 0 Å². The third-order valence-electron chi connectivity index (χ3n) is 4.19. The van der Waals surface area contributed by atoms with Crippen molar-refractivity contribution in [3.05, 3.63) is 0 Å². The molecule has 1 aliphatic carbocycles. The molecule has 0 radical (unpaired) electrons. The summed E-state index contributed by atoms with van der Waals surface area (Å²) in [4.78, 5) is 2.57. The first-order chi connectivity index (χ1) is 7.58. The van der Waals surface area contributed by atoms with Crippen LogP contribution >= 0.6 is 0 Å². The summed E-state index contributed by atoms with van der Waals surface area (Å²) in [5.74, 6) is 2.33. The molecule has 96 valence electrons. The minimum absolute atomic E-state index is 0.421. The van der Waals surface area contributed by atoms with E-state index in [1.54, 1.807) is 0 Å². The van der Waals surface area contributed by atoms with Gasteiger partial charge in [0.05, 0.1) is 0 Å². The lowest BCUT2D eigenvalue weighted by atomic mass is 9.72. The third kappa shape index (κ3) is 3.74. The Labute approximate surface area is 102 Å². The monoisotopic (exact) mass is 226 g/mol. The molecule has 16 heavy (non-hydrogen) atoms. The summed E-state index contributed by atoms with van der Waals surface area (Å²) in [6.07, 6.45) is 3.83. The molecule has 0 spiro atoms. The largest absolute Gasteiger partial charge is 0.327 e. The summed E-state index contributed by atoms with van der Waals surface area (Å²) in [5, 5.41) is 0. The van der Waals surface area contributed by atoms with Gasteiger partial charge < -0.3 is 10.6 Å². The van der Waals surface area contributed by atoms with Crippen LogP contribution in [0.3, 0.4) is 0 Å². The summed E-state index contributed by atoms with van der Waals surface area (Å²) in [6, 6.07) is 0.421. The predicted octanol–water partition coefficient (Wildman–Crippen LogP) is 2.73. The van der Waals surface area contributed by atoms with Gasteiger partial charge in [0, 0.05) is 12.6 Å². The number of nitrogens with two attached hydrogens (primary N) is 1. The molecule has 2 N–H and O–H groups in total. The van der Waals surface area contributed by atoms with Crippen molar-refractivity contribution >= 4 is 0 Å². The number of rotatable bonds is 5. The van der Waals surface area contributed by atoms with Crippen LogP contribution in [-0.2, 0) is 0 Å². The fourth-order valence-electron chi connectivity index (χ4n) is 3.28. The molecule has 2 heteroatoms. The SMILES string of the molecule is CCCN(CC)CC1C(C)CC(C)CC1N. The quantitative estimate of drug-likeness (QED) is 0.781. The first-order valence-electron chi connectivity index (χ1n) is 7.06. The molecule has 1 rings (SSSR count). The van der Waals surface area contributed by atoms with Gasteiger partial charge in [-0.25, -0.2) is 0 Å². The fraction of sp³-hybridized carbons (Fsp3) is 1.00. The molecule has 0 heterocycles. The zero-order valence-electron chi connectivity index (χ0n) is 11.6. The Kier molecular flexibility index (Phi) is 5.77. The zero-order valence-corrected chi connectivity index (χ0v) is 11.6. The highest BCUT2D eigenvalue weighted by Gasteiger charge is 2.32. The highest BCUT2D eigenvalue weighted by molar-refractivity contribution is 4.87. The summed E-state index contributed by atoms with van der Waals surface area (Å²) >= 11 is 0. The number of nitrogens with zero attached hydrogens (tertiary/aromatic N) is 1. The van der Waals surface area contributed by atoms with Crippen molar-refractivity contribution in [3.8, 4) is 0 Å². The molecule has 0 aromatic heterocycles. The van der Waals surface area contributed by atoms with Crippen LogP contribution in [0, 0.1) is 17.8 Å². The summed E-state index contributed by atoms with van der Waals surface area (Å²) in [5.41, 5.74) is 6.33. The molecule has 4 unspecified atom stereocenters. The van der Waals surface area contributed by atoms with E-state index in [0.29, 0.717) is 12.0 Å². The van der Waals surface area contributed by atoms with E-state index in [2.05, 4.69) is 32.6 Å². The molecule has 4 atom stereocenters. The number of hydrogen-bond acceptors (Lipinski definition) is 2. The smallest absolute Gasteiger partial charge is 0.00844 e. The van der Waals surface area contributed by atoms with Crippen LogP contribution in [0.5, 0.6) is 0 Å². The molecule has 0 amide bonds. The molecule has 1 aliphatic rings. The summed E-state index contributed by atoms with van der Waals surface area (Å²) in [7, 11) is 0. The minimum atomic E-state index is 0.421. The van der Waals surface area contributed by atoms with Gasteiger partial charge in [-0.1, -0.05) is 27.7 Å². The minimum Gasteiger partial charge on any atom is -0.327 e. The van der Waals surface area contributed by atoms with E-state index in [-0.39, 0.29) is 0 Å². The van der Waals surface area contributed by atoms with Crippen molar-refractivity contribution < 1.29 is 0 Å². The van der Waals surface area contributed by atoms with Crippen molar-refractivity contribution in [2.45, 2.75) is 53.0 Å². The van der Waals surface area contributed by atoms with Crippen molar-refractivity contribution in [2.75, 3.05) is 19.6 Å². The molecule has 2 nitrogen and oxygen atoms in total. The average Bonchev–Trinajstić information content (AvgIpc) is 2.21. The zero-order chi connectivity index (χ0) is 12.1. The van der Waals surface area contributed by atoms with Gasteiger partial charge in [-0.2, -0.15) is 0 Å². The van der Waals surface area contributed by atoms with Crippen molar-refractivity contribution in [2.24, 2.45) is 23.5 Å². The maximum atomic E-state index is 6.33. The van der Waals surface area contributed by atoms with E-state index in [0.717, 1.165) is 11.8 Å². The molecular formula is C14H30N2. The Bertz CT molecular complexity index is 181. The van der Waals surface area contributed by atoms with Crippen LogP contribution < -0.4 is 5.73 Å². The van der Waals surface area contributed by atoms with E-state index in [4.69, 9.17) is 5.73 Å². The summed E-state index contributed by atoms with van der Waals surface area (Å²) in [6.45, 7) is 12.9. The fourth-order valence-corrected chi connectivity index (χ4v) is 3.28. The molecular weight excluding hydrogens is 196 g/mol. The van der Waals surface area contributed by atoms with Gasteiger partial charge in [0.2, 0.25) is 0 Å². The van der Waals surface area contributed by atoms with Gasteiger partial charge in [-0.3, -0.25) is 0 Å². The van der Waals surface area contributed by atoms with E-state index >= 15 is 0 Å². The maximum absolute atomic E-state index is 6.33. The van der Waals surface area contributed by atoms with Crippen LogP contribution in [0.4, 0.5) is 0 Å². The Morgan fingerprint density at radius 1 is 1.19 bits per heavy atom. The molecule has 0 bridgehead atoms. The molecule has 0 aromatic carbocycles. The Hall–Kier alpha value is -0.0800. The van der Waals surface area contributed by atoms with Gasteiger partial charge in [-0.05, 0) is 50.1 Å². The van der Waals surface area contributed by atoms with Gasteiger partial charge in [-0.15, -0.1) is 0 Å². The van der Waals surface area contributed by atoms with E-state index in [1.807, 2.05) is 0 Å². The second kappa shape index (κ2) is 6.61. The van der Waals surface area contributed by atoms with Gasteiger partial charge in [0.1, 0.15) is 0 Å². The van der Waals surface area contributed by atoms with Crippen LogP contribution in [-0.4, -0.2) is 30.6 Å². The first-order valence-corrected chi connectivity index (χ1v) is 7.06. The Morgan fingerprint density at radius 3 is 2.38 bits per heavy atom. The summed E-state index contributed by atoms with van der Waals surface area (Å²) < 4.78 is 0. The molecule has 1 fully saturated rings. The van der Waals surface area contributed by atoms with E-state index < -0.39 is 0 Å². The van der Waals surface area contributed by atoms with Crippen LogP contribution in [0.1, 0.15) is 47.0 Å². The molecule has 0 saturated heterocycles. The Balaban J connectivity index is 2.50. The predicted molar refractivity (Wildman–Crippen MR) is 71.4 cm³/mol. The average molecular weight is 226 g/mol. The third-order valence-corrected chi connectivity index (χ3v) is 4.19. The molecule has 0 aromatic rings. The highest BCUT2D eigenvalue weighted by Crippen LogP contribution is 2.33. The second-order valence-electron chi connectivity index (χ2n) is 5.77. The number of hydrogen-bond donors (Lipinski definition) is 1. The standard InChI is InChI=1S/C14H30N2/c1-5-7-16(6-2)10-13-12(4)8-11(3)9-14(13)15/h11-14H,5-10,15H2,1-4H3. The van der Waals surface area contributed by atoms with Gasteiger partial charge in [0.25, 0.3) is 0 Å². The lowest BCUT2D eigenvalue weighted by Crippen LogP contribution is -2.46. The lowest BCUT2D eigenvalue weighted by molar-refractivity contribution is 0.120. The maximum Gasteiger partial charge on any atom is 0.00844 e. The van der Waals surface area contributed by atoms with Crippen LogP contribution in [0.15, 0.2) is 0 Å². The Morgan fingerprint density at radius 2 is 1.88 bits per heavy atom. The van der Waals surface area contributed by atoms with Crippen LogP contribution in [0.25, 0.3) is 0 Å². The van der Waals surface area contributed by atoms with Gasteiger partial charge >= 0.3 is 0 Å². The topological polar surface area (TPSA) is 29.3 Å². The first kappa shape index (κ1) is 14.0.